The molecule has 0 aliphatic heterocycles. The summed E-state index contributed by atoms with van der Waals surface area (Å²) in [6, 6.07) is 5.92. The lowest BCUT2D eigenvalue weighted by Crippen LogP contribution is -2.31. The van der Waals surface area contributed by atoms with Crippen LogP contribution in [0.25, 0.3) is 11.4 Å². The number of allylic oxidation sites excluding steroid dienone is 1. The molecular formula is C19H21BrN4O2S2. The number of halogens is 1. The lowest BCUT2D eigenvalue weighted by molar-refractivity contribution is -0.128. The first-order valence-corrected chi connectivity index (χ1v) is 11.4. The first-order valence-electron chi connectivity index (χ1n) is 8.76. The molecule has 1 amide bonds. The van der Waals surface area contributed by atoms with Gasteiger partial charge in [0.25, 0.3) is 0 Å². The fourth-order valence-electron chi connectivity index (χ4n) is 2.72. The van der Waals surface area contributed by atoms with Crippen molar-refractivity contribution < 1.29 is 9.21 Å². The van der Waals surface area contributed by atoms with E-state index >= 15 is 0 Å². The van der Waals surface area contributed by atoms with Crippen molar-refractivity contribution in [1.82, 2.24) is 19.7 Å². The number of hydrogen-bond acceptors (Lipinski definition) is 6. The highest BCUT2D eigenvalue weighted by Gasteiger charge is 2.19. The van der Waals surface area contributed by atoms with E-state index in [1.165, 1.54) is 11.8 Å². The highest BCUT2D eigenvalue weighted by Crippen LogP contribution is 2.28. The molecule has 0 aliphatic carbocycles. The summed E-state index contributed by atoms with van der Waals surface area (Å²) in [5.41, 5.74) is 0.894. The van der Waals surface area contributed by atoms with Crippen molar-refractivity contribution in [2.75, 3.05) is 12.3 Å². The molecule has 0 saturated carbocycles. The predicted molar refractivity (Wildman–Crippen MR) is 116 cm³/mol. The third-order valence-electron chi connectivity index (χ3n) is 4.16. The average Bonchev–Trinajstić information content (AvgIpc) is 3.38. The highest BCUT2D eigenvalue weighted by molar-refractivity contribution is 9.11. The monoisotopic (exact) mass is 480 g/mol. The topological polar surface area (TPSA) is 64.2 Å². The molecule has 148 valence electrons. The molecule has 3 aromatic heterocycles. The van der Waals surface area contributed by atoms with Crippen molar-refractivity contribution >= 4 is 44.9 Å². The zero-order valence-electron chi connectivity index (χ0n) is 15.7. The summed E-state index contributed by atoms with van der Waals surface area (Å²) in [5.74, 6) is 1.88. The fourth-order valence-corrected chi connectivity index (χ4v) is 5.07. The van der Waals surface area contributed by atoms with E-state index < -0.39 is 0 Å². The number of rotatable bonds is 9. The van der Waals surface area contributed by atoms with Gasteiger partial charge in [-0.15, -0.1) is 28.1 Å². The number of thioether (sulfide) groups is 1. The Kier molecular flexibility index (Phi) is 7.14. The van der Waals surface area contributed by atoms with Gasteiger partial charge >= 0.3 is 0 Å². The maximum absolute atomic E-state index is 12.7. The number of aryl methyl sites for hydroxylation is 1. The maximum Gasteiger partial charge on any atom is 0.233 e. The molecular weight excluding hydrogens is 460 g/mol. The molecule has 0 aromatic carbocycles. The van der Waals surface area contributed by atoms with Crippen LogP contribution in [0.4, 0.5) is 0 Å². The van der Waals surface area contributed by atoms with Gasteiger partial charge in [0.15, 0.2) is 11.0 Å². The van der Waals surface area contributed by atoms with E-state index in [1.807, 2.05) is 41.5 Å². The van der Waals surface area contributed by atoms with Crippen molar-refractivity contribution in [3.05, 3.63) is 51.5 Å². The lowest BCUT2D eigenvalue weighted by Gasteiger charge is -2.19. The van der Waals surface area contributed by atoms with Gasteiger partial charge in [-0.05, 0) is 48.0 Å². The Hall–Kier alpha value is -1.84. The number of aromatic nitrogens is 3. The van der Waals surface area contributed by atoms with Crippen LogP contribution in [-0.4, -0.2) is 37.9 Å². The summed E-state index contributed by atoms with van der Waals surface area (Å²) in [6.45, 7) is 9.54. The minimum atomic E-state index is 0.0752. The second kappa shape index (κ2) is 9.58. The predicted octanol–water partition coefficient (Wildman–Crippen LogP) is 5.00. The number of carbonyl (C=O) groups excluding carboxylic acids is 1. The van der Waals surface area contributed by atoms with Gasteiger partial charge in [0.2, 0.25) is 5.91 Å². The quantitative estimate of drug-likeness (QED) is 0.318. The second-order valence-corrected chi connectivity index (χ2v) is 9.49. The van der Waals surface area contributed by atoms with E-state index in [1.54, 1.807) is 23.7 Å². The molecule has 0 bridgehead atoms. The van der Waals surface area contributed by atoms with Crippen LogP contribution < -0.4 is 0 Å². The van der Waals surface area contributed by atoms with E-state index in [2.05, 4.69) is 32.7 Å². The average molecular weight is 481 g/mol. The second-order valence-electron chi connectivity index (χ2n) is 6.00. The number of carbonyl (C=O) groups is 1. The smallest absolute Gasteiger partial charge is 0.233 e. The Morgan fingerprint density at radius 2 is 2.25 bits per heavy atom. The van der Waals surface area contributed by atoms with Crippen LogP contribution in [0.2, 0.25) is 0 Å². The van der Waals surface area contributed by atoms with Gasteiger partial charge in [0.1, 0.15) is 5.76 Å². The molecule has 0 radical (unpaired) electrons. The van der Waals surface area contributed by atoms with Crippen LogP contribution in [0.1, 0.15) is 17.6 Å². The van der Waals surface area contributed by atoms with Crippen molar-refractivity contribution in [3.63, 3.8) is 0 Å². The van der Waals surface area contributed by atoms with Crippen LogP contribution in [0.3, 0.4) is 0 Å². The van der Waals surface area contributed by atoms with Crippen molar-refractivity contribution in [2.24, 2.45) is 0 Å². The van der Waals surface area contributed by atoms with E-state index in [0.29, 0.717) is 30.5 Å². The minimum absolute atomic E-state index is 0.0752. The molecule has 0 N–H and O–H groups in total. The molecule has 0 aliphatic rings. The largest absolute Gasteiger partial charge is 0.469 e. The number of amides is 1. The Bertz CT molecular complexity index is 963. The molecule has 3 rings (SSSR count). The first kappa shape index (κ1) is 20.9. The summed E-state index contributed by atoms with van der Waals surface area (Å²) >= 11 is 6.50. The van der Waals surface area contributed by atoms with Gasteiger partial charge in [0, 0.05) is 18.0 Å². The first-order chi connectivity index (χ1) is 13.5. The Labute approximate surface area is 180 Å². The molecule has 0 saturated heterocycles. The van der Waals surface area contributed by atoms with E-state index in [-0.39, 0.29) is 5.91 Å². The molecule has 0 atom stereocenters. The van der Waals surface area contributed by atoms with Crippen LogP contribution in [0.15, 0.2) is 50.5 Å². The third-order valence-corrected chi connectivity index (χ3v) is 6.72. The van der Waals surface area contributed by atoms with Gasteiger partial charge in [0.05, 0.1) is 27.9 Å². The van der Waals surface area contributed by atoms with E-state index in [9.17, 15) is 4.79 Å². The third kappa shape index (κ3) is 4.76. The molecule has 3 heterocycles. The van der Waals surface area contributed by atoms with Crippen LogP contribution in [-0.2, 0) is 17.9 Å². The fraction of sp³-hybridized carbons (Fsp3) is 0.316. The van der Waals surface area contributed by atoms with Gasteiger partial charge < -0.3 is 9.32 Å². The SMILES string of the molecule is C=CCn1c(SCC(=O)N(CC)Cc2ccc(Br)s2)nnc1-c1ccoc1C. The van der Waals surface area contributed by atoms with E-state index in [4.69, 9.17) is 4.42 Å². The molecule has 0 unspecified atom stereocenters. The van der Waals surface area contributed by atoms with Gasteiger partial charge in [-0.1, -0.05) is 17.8 Å². The van der Waals surface area contributed by atoms with E-state index in [0.717, 1.165) is 25.8 Å². The van der Waals surface area contributed by atoms with Crippen LogP contribution in [0, 0.1) is 6.92 Å². The van der Waals surface area contributed by atoms with Crippen LogP contribution >= 0.6 is 39.0 Å². The molecule has 0 spiro atoms. The summed E-state index contributed by atoms with van der Waals surface area (Å²) in [6.07, 6.45) is 3.43. The molecule has 0 fully saturated rings. The van der Waals surface area contributed by atoms with Crippen molar-refractivity contribution in [1.29, 1.82) is 0 Å². The van der Waals surface area contributed by atoms with Crippen molar-refractivity contribution in [2.45, 2.75) is 32.1 Å². The van der Waals surface area contributed by atoms with Gasteiger partial charge in [-0.3, -0.25) is 9.36 Å². The zero-order valence-corrected chi connectivity index (χ0v) is 18.9. The van der Waals surface area contributed by atoms with Gasteiger partial charge in [-0.2, -0.15) is 0 Å². The number of nitrogens with zero attached hydrogens (tertiary/aromatic N) is 4. The summed E-state index contributed by atoms with van der Waals surface area (Å²) in [4.78, 5) is 15.7. The maximum atomic E-state index is 12.7. The number of hydrogen-bond donors (Lipinski definition) is 0. The highest BCUT2D eigenvalue weighted by atomic mass is 79.9. The van der Waals surface area contributed by atoms with Crippen LogP contribution in [0.5, 0.6) is 0 Å². The molecule has 9 heteroatoms. The Balaban J connectivity index is 1.71. The van der Waals surface area contributed by atoms with Gasteiger partial charge in [-0.25, -0.2) is 0 Å². The normalized spacial score (nSPS) is 11.0. The lowest BCUT2D eigenvalue weighted by atomic mass is 10.2. The number of thiophene rings is 1. The Morgan fingerprint density at radius 1 is 1.43 bits per heavy atom. The molecule has 28 heavy (non-hydrogen) atoms. The zero-order chi connectivity index (χ0) is 20.1. The molecule has 6 nitrogen and oxygen atoms in total. The molecule has 3 aromatic rings. The minimum Gasteiger partial charge on any atom is -0.469 e. The summed E-state index contributed by atoms with van der Waals surface area (Å²) in [5, 5.41) is 9.29. The summed E-state index contributed by atoms with van der Waals surface area (Å²) < 4.78 is 8.41. The summed E-state index contributed by atoms with van der Waals surface area (Å²) in [7, 11) is 0. The standard InChI is InChI=1S/C19H21BrN4O2S2/c1-4-9-24-18(15-8-10-26-13(15)3)21-22-19(24)27-12-17(25)23(5-2)11-14-6-7-16(20)28-14/h4,6-8,10H,1,5,9,11-12H2,2-3H3. The number of furan rings is 1. The Morgan fingerprint density at radius 3 is 2.86 bits per heavy atom. The van der Waals surface area contributed by atoms with Crippen molar-refractivity contribution in [3.8, 4) is 11.4 Å².